The molecule has 0 fully saturated rings. The van der Waals surface area contributed by atoms with E-state index in [0.29, 0.717) is 18.1 Å². The summed E-state index contributed by atoms with van der Waals surface area (Å²) in [4.78, 5) is 16.2. The fraction of sp³-hybridized carbons (Fsp3) is 0.100. The largest absolute Gasteiger partial charge is 0.492 e. The van der Waals surface area contributed by atoms with Crippen LogP contribution in [-0.2, 0) is 11.3 Å². The van der Waals surface area contributed by atoms with Gasteiger partial charge in [0.15, 0.2) is 5.17 Å². The summed E-state index contributed by atoms with van der Waals surface area (Å²) in [5, 5.41) is 1.37. The molecule has 2 aromatic carbocycles. The minimum absolute atomic E-state index is 0.284. The smallest absolute Gasteiger partial charge is 0.286 e. The third kappa shape index (κ3) is 3.94. The first-order valence-electron chi connectivity index (χ1n) is 8.34. The van der Waals surface area contributed by atoms with E-state index in [1.165, 1.54) is 11.8 Å². The molecule has 4 rings (SSSR count). The van der Waals surface area contributed by atoms with Crippen LogP contribution in [-0.4, -0.2) is 22.2 Å². The number of ether oxygens (including phenoxy) is 1. The number of hydrogen-bond acceptors (Lipinski definition) is 4. The molecule has 27 heavy (non-hydrogen) atoms. The Morgan fingerprint density at radius 3 is 2.70 bits per heavy atom. The van der Waals surface area contributed by atoms with Crippen molar-refractivity contribution in [2.75, 3.05) is 6.61 Å². The first-order chi connectivity index (χ1) is 13.1. The minimum Gasteiger partial charge on any atom is -0.492 e. The Balaban J connectivity index is 1.56. The summed E-state index contributed by atoms with van der Waals surface area (Å²) in [6, 6.07) is 15.9. The van der Waals surface area contributed by atoms with Gasteiger partial charge in [0.25, 0.3) is 5.91 Å². The zero-order valence-electron chi connectivity index (χ0n) is 14.3. The van der Waals surface area contributed by atoms with Crippen molar-refractivity contribution in [3.05, 3.63) is 69.7 Å². The van der Waals surface area contributed by atoms with Gasteiger partial charge in [-0.05, 0) is 48.2 Å². The van der Waals surface area contributed by atoms with Crippen LogP contribution < -0.4 is 10.5 Å². The van der Waals surface area contributed by atoms with E-state index in [2.05, 4.69) is 31.6 Å². The molecule has 0 saturated heterocycles. The van der Waals surface area contributed by atoms with Gasteiger partial charge in [-0.25, -0.2) is 0 Å². The zero-order valence-corrected chi connectivity index (χ0v) is 16.7. The summed E-state index contributed by atoms with van der Waals surface area (Å²) in [5.74, 6) is 0.547. The third-order valence-corrected chi connectivity index (χ3v) is 5.50. The Morgan fingerprint density at radius 2 is 1.96 bits per heavy atom. The van der Waals surface area contributed by atoms with E-state index < -0.39 is 0 Å². The second-order valence-electron chi connectivity index (χ2n) is 5.96. The second-order valence-corrected chi connectivity index (χ2v) is 7.94. The van der Waals surface area contributed by atoms with E-state index in [9.17, 15) is 4.79 Å². The van der Waals surface area contributed by atoms with Gasteiger partial charge in [0.2, 0.25) is 0 Å². The van der Waals surface area contributed by atoms with Crippen molar-refractivity contribution in [1.29, 1.82) is 0 Å². The lowest BCUT2D eigenvalue weighted by molar-refractivity contribution is -0.113. The van der Waals surface area contributed by atoms with Gasteiger partial charge >= 0.3 is 0 Å². The van der Waals surface area contributed by atoms with Gasteiger partial charge in [0.1, 0.15) is 12.4 Å². The minimum atomic E-state index is -0.284. The molecule has 0 unspecified atom stereocenters. The number of amides is 1. The number of amidine groups is 1. The van der Waals surface area contributed by atoms with Crippen molar-refractivity contribution in [1.82, 2.24) is 4.57 Å². The number of halogens is 1. The fourth-order valence-corrected chi connectivity index (χ4v) is 3.87. The van der Waals surface area contributed by atoms with Crippen molar-refractivity contribution in [2.45, 2.75) is 6.54 Å². The lowest BCUT2D eigenvalue weighted by Gasteiger charge is -2.08. The van der Waals surface area contributed by atoms with E-state index in [1.54, 1.807) is 0 Å². The number of carbonyl (C=O) groups is 1. The molecule has 1 aliphatic heterocycles. The van der Waals surface area contributed by atoms with Crippen molar-refractivity contribution in [3.63, 3.8) is 0 Å². The number of aliphatic imine (C=N–C) groups is 1. The van der Waals surface area contributed by atoms with Gasteiger partial charge in [-0.15, -0.1) is 0 Å². The molecule has 0 spiro atoms. The monoisotopic (exact) mass is 441 g/mol. The number of nitrogens with two attached hydrogens (primary N) is 1. The Morgan fingerprint density at radius 1 is 1.19 bits per heavy atom. The van der Waals surface area contributed by atoms with E-state index in [-0.39, 0.29) is 11.1 Å². The molecule has 3 aromatic rings. The van der Waals surface area contributed by atoms with Crippen LogP contribution in [0.15, 0.2) is 69.1 Å². The second kappa shape index (κ2) is 7.62. The van der Waals surface area contributed by atoms with Crippen LogP contribution in [0, 0.1) is 0 Å². The molecule has 7 heteroatoms. The molecule has 2 heterocycles. The SMILES string of the molecule is NC1=NC(=O)/C(=C\c2cn(CCOc3ccc(Br)cc3)c3ccccc23)S1. The number of nitrogens with zero attached hydrogens (tertiary/aromatic N) is 2. The van der Waals surface area contributed by atoms with Gasteiger partial charge in [-0.2, -0.15) is 4.99 Å². The topological polar surface area (TPSA) is 69.6 Å². The van der Waals surface area contributed by atoms with Crippen LogP contribution in [0.4, 0.5) is 0 Å². The molecule has 0 saturated carbocycles. The van der Waals surface area contributed by atoms with Crippen LogP contribution in [0.1, 0.15) is 5.56 Å². The summed E-state index contributed by atoms with van der Waals surface area (Å²) in [6.07, 6.45) is 3.88. The number of aromatic nitrogens is 1. The normalized spacial score (nSPS) is 15.5. The van der Waals surface area contributed by atoms with Crippen LogP contribution in [0.5, 0.6) is 5.75 Å². The lowest BCUT2D eigenvalue weighted by Crippen LogP contribution is -2.07. The van der Waals surface area contributed by atoms with Gasteiger partial charge in [0, 0.05) is 27.1 Å². The molecule has 5 nitrogen and oxygen atoms in total. The molecule has 0 aliphatic carbocycles. The Hall–Kier alpha value is -2.51. The Bertz CT molecular complexity index is 1070. The molecule has 1 aromatic heterocycles. The summed E-state index contributed by atoms with van der Waals surface area (Å²) in [7, 11) is 0. The first kappa shape index (κ1) is 17.9. The number of carbonyl (C=O) groups excluding carboxylic acids is 1. The highest BCUT2D eigenvalue weighted by Crippen LogP contribution is 2.30. The maximum Gasteiger partial charge on any atom is 0.286 e. The number of rotatable bonds is 5. The Kier molecular flexibility index (Phi) is 5.05. The highest BCUT2D eigenvalue weighted by molar-refractivity contribution is 9.10. The molecule has 2 N–H and O–H groups in total. The Labute approximate surface area is 169 Å². The van der Waals surface area contributed by atoms with Crippen molar-refractivity contribution >= 4 is 55.7 Å². The fourth-order valence-electron chi connectivity index (χ4n) is 2.93. The maximum atomic E-state index is 11.9. The highest BCUT2D eigenvalue weighted by atomic mass is 79.9. The van der Waals surface area contributed by atoms with Gasteiger partial charge in [-0.1, -0.05) is 34.1 Å². The first-order valence-corrected chi connectivity index (χ1v) is 9.95. The lowest BCUT2D eigenvalue weighted by atomic mass is 10.1. The number of fused-ring (bicyclic) bond motifs is 1. The molecule has 0 bridgehead atoms. The average Bonchev–Trinajstić information content (AvgIpc) is 3.17. The van der Waals surface area contributed by atoms with Crippen LogP contribution in [0.3, 0.4) is 0 Å². The average molecular weight is 442 g/mol. The number of thioether (sulfide) groups is 1. The maximum absolute atomic E-state index is 11.9. The predicted octanol–water partition coefficient (Wildman–Crippen LogP) is 4.41. The van der Waals surface area contributed by atoms with Gasteiger partial charge in [-0.3, -0.25) is 4.79 Å². The molecule has 136 valence electrons. The number of para-hydroxylation sites is 1. The summed E-state index contributed by atoms with van der Waals surface area (Å²) < 4.78 is 8.99. The summed E-state index contributed by atoms with van der Waals surface area (Å²) in [6.45, 7) is 1.24. The molecule has 1 amide bonds. The summed E-state index contributed by atoms with van der Waals surface area (Å²) >= 11 is 4.62. The van der Waals surface area contributed by atoms with E-state index in [0.717, 1.165) is 26.7 Å². The molecular weight excluding hydrogens is 426 g/mol. The predicted molar refractivity (Wildman–Crippen MR) is 114 cm³/mol. The van der Waals surface area contributed by atoms with Gasteiger partial charge in [0.05, 0.1) is 11.4 Å². The third-order valence-electron chi connectivity index (χ3n) is 4.16. The highest BCUT2D eigenvalue weighted by Gasteiger charge is 2.20. The summed E-state index contributed by atoms with van der Waals surface area (Å²) in [5.41, 5.74) is 7.70. The zero-order chi connectivity index (χ0) is 18.8. The molecular formula is C20H16BrN3O2S. The van der Waals surface area contributed by atoms with E-state index >= 15 is 0 Å². The number of benzene rings is 2. The van der Waals surface area contributed by atoms with Crippen LogP contribution >= 0.6 is 27.7 Å². The van der Waals surface area contributed by atoms with Crippen LogP contribution in [0.2, 0.25) is 0 Å². The standard InChI is InChI=1S/C20H16BrN3O2S/c21-14-5-7-15(8-6-14)26-10-9-24-12-13(16-3-1-2-4-17(16)24)11-18-19(25)23-20(22)27-18/h1-8,11-12H,9-10H2,(H2,22,23,25)/b18-11+. The van der Waals surface area contributed by atoms with Crippen molar-refractivity contribution in [3.8, 4) is 5.75 Å². The molecule has 1 aliphatic rings. The van der Waals surface area contributed by atoms with Gasteiger partial charge < -0.3 is 15.0 Å². The van der Waals surface area contributed by atoms with Crippen LogP contribution in [0.25, 0.3) is 17.0 Å². The van der Waals surface area contributed by atoms with Crippen molar-refractivity contribution < 1.29 is 9.53 Å². The van der Waals surface area contributed by atoms with E-state index in [4.69, 9.17) is 10.5 Å². The number of hydrogen-bond donors (Lipinski definition) is 1. The molecule has 0 radical (unpaired) electrons. The molecule has 0 atom stereocenters. The van der Waals surface area contributed by atoms with E-state index in [1.807, 2.05) is 54.7 Å². The van der Waals surface area contributed by atoms with Crippen molar-refractivity contribution in [2.24, 2.45) is 10.7 Å². The quantitative estimate of drug-likeness (QED) is 0.595.